The summed E-state index contributed by atoms with van der Waals surface area (Å²) in [5, 5.41) is 4.83. The van der Waals surface area contributed by atoms with Crippen molar-refractivity contribution in [3.8, 4) is 0 Å². The highest BCUT2D eigenvalue weighted by molar-refractivity contribution is 7.89. The highest BCUT2D eigenvalue weighted by Crippen LogP contribution is 2.26. The zero-order valence-electron chi connectivity index (χ0n) is 15.2. The lowest BCUT2D eigenvalue weighted by Gasteiger charge is -2.19. The first kappa shape index (κ1) is 18.1. The Labute approximate surface area is 157 Å². The predicted octanol–water partition coefficient (Wildman–Crippen LogP) is 2.38. The topological polar surface area (TPSA) is 94.3 Å². The van der Waals surface area contributed by atoms with E-state index in [0.29, 0.717) is 25.3 Å². The van der Waals surface area contributed by atoms with Crippen LogP contribution in [0.25, 0.3) is 10.9 Å². The Hall–Kier alpha value is -2.29. The van der Waals surface area contributed by atoms with E-state index in [9.17, 15) is 8.42 Å². The minimum absolute atomic E-state index is 0.0334. The van der Waals surface area contributed by atoms with E-state index < -0.39 is 10.0 Å². The second-order valence-corrected chi connectivity index (χ2v) is 8.52. The summed E-state index contributed by atoms with van der Waals surface area (Å²) < 4.78 is 39.0. The van der Waals surface area contributed by atoms with Crippen LogP contribution in [0, 0.1) is 19.8 Å². The average molecular weight is 387 g/mol. The maximum atomic E-state index is 12.8. The van der Waals surface area contributed by atoms with E-state index >= 15 is 0 Å². The predicted molar refractivity (Wildman–Crippen MR) is 99.8 cm³/mol. The number of fused-ring (bicyclic) bond motifs is 1. The second-order valence-electron chi connectivity index (χ2n) is 6.87. The van der Waals surface area contributed by atoms with Crippen LogP contribution >= 0.6 is 0 Å². The van der Waals surface area contributed by atoms with Crippen molar-refractivity contribution < 1.29 is 17.7 Å². The minimum atomic E-state index is -3.73. The van der Waals surface area contributed by atoms with E-state index in [0.717, 1.165) is 16.5 Å². The van der Waals surface area contributed by atoms with Gasteiger partial charge < -0.3 is 9.26 Å². The van der Waals surface area contributed by atoms with Gasteiger partial charge in [0.05, 0.1) is 24.8 Å². The number of sulfonamides is 1. The lowest BCUT2D eigenvalue weighted by atomic mass is 9.93. The monoisotopic (exact) mass is 387 g/mol. The molecule has 27 heavy (non-hydrogen) atoms. The van der Waals surface area contributed by atoms with Crippen LogP contribution in [0.3, 0.4) is 0 Å². The summed E-state index contributed by atoms with van der Waals surface area (Å²) >= 11 is 0. The van der Waals surface area contributed by atoms with Crippen molar-refractivity contribution in [1.82, 2.24) is 14.9 Å². The van der Waals surface area contributed by atoms with Crippen LogP contribution in [0.2, 0.25) is 0 Å². The molecule has 0 unspecified atom stereocenters. The van der Waals surface area contributed by atoms with Crippen LogP contribution in [0.4, 0.5) is 0 Å². The van der Waals surface area contributed by atoms with E-state index in [-0.39, 0.29) is 22.6 Å². The van der Waals surface area contributed by atoms with Crippen molar-refractivity contribution in [2.45, 2.75) is 31.2 Å². The quantitative estimate of drug-likeness (QED) is 0.722. The molecule has 2 aromatic heterocycles. The molecule has 1 aliphatic rings. The van der Waals surface area contributed by atoms with Crippen LogP contribution in [0.5, 0.6) is 0 Å². The smallest absolute Gasteiger partial charge is 0.246 e. The van der Waals surface area contributed by atoms with Crippen molar-refractivity contribution in [2.24, 2.45) is 5.92 Å². The van der Waals surface area contributed by atoms with E-state index in [4.69, 9.17) is 9.26 Å². The maximum Gasteiger partial charge on any atom is 0.246 e. The third-order valence-electron chi connectivity index (χ3n) is 4.96. The number of aromatic nitrogens is 2. The first-order valence-corrected chi connectivity index (χ1v) is 10.3. The standard InChI is InChI=1S/C19H21N3O4S/c1-12-19(13(2)26-21-12)27(23,24)22-18-11-25-10-15(18)9-14-7-8-20-17-6-4-3-5-16(14)17/h3-8,15,18,22H,9-11H2,1-2H3/t15-,18-/m1/s1. The van der Waals surface area contributed by atoms with Gasteiger partial charge in [-0.3, -0.25) is 4.98 Å². The van der Waals surface area contributed by atoms with E-state index in [2.05, 4.69) is 14.9 Å². The molecule has 0 saturated carbocycles. The zero-order valence-corrected chi connectivity index (χ0v) is 16.0. The number of hydrogen-bond donors (Lipinski definition) is 1. The Morgan fingerprint density at radius 2 is 2.00 bits per heavy atom. The number of nitrogens with one attached hydrogen (secondary N) is 1. The molecule has 3 aromatic rings. The van der Waals surface area contributed by atoms with Gasteiger partial charge in [-0.05, 0) is 38.0 Å². The fourth-order valence-electron chi connectivity index (χ4n) is 3.66. The number of rotatable bonds is 5. The van der Waals surface area contributed by atoms with Gasteiger partial charge in [0.25, 0.3) is 0 Å². The molecule has 0 radical (unpaired) electrons. The van der Waals surface area contributed by atoms with Crippen LogP contribution in [0.15, 0.2) is 45.9 Å². The minimum Gasteiger partial charge on any atom is -0.379 e. The molecular formula is C19H21N3O4S. The first-order chi connectivity index (χ1) is 13.0. The normalized spacial score (nSPS) is 20.4. The van der Waals surface area contributed by atoms with Crippen molar-refractivity contribution in [1.29, 1.82) is 0 Å². The van der Waals surface area contributed by atoms with Gasteiger partial charge in [0.2, 0.25) is 10.0 Å². The summed E-state index contributed by atoms with van der Waals surface area (Å²) in [5.74, 6) is 0.321. The van der Waals surface area contributed by atoms with E-state index in [1.165, 1.54) is 0 Å². The van der Waals surface area contributed by atoms with E-state index in [1.54, 1.807) is 20.0 Å². The molecule has 1 aromatic carbocycles. The van der Waals surface area contributed by atoms with Gasteiger partial charge in [-0.2, -0.15) is 0 Å². The average Bonchev–Trinajstić information content (AvgIpc) is 3.21. The van der Waals surface area contributed by atoms with Crippen LogP contribution in [-0.4, -0.2) is 37.8 Å². The number of para-hydroxylation sites is 1. The van der Waals surface area contributed by atoms with Crippen LogP contribution in [0.1, 0.15) is 17.0 Å². The van der Waals surface area contributed by atoms with Crippen molar-refractivity contribution >= 4 is 20.9 Å². The SMILES string of the molecule is Cc1noc(C)c1S(=O)(=O)N[C@@H]1COC[C@H]1Cc1ccnc2ccccc12. The van der Waals surface area contributed by atoms with Gasteiger partial charge in [-0.1, -0.05) is 23.4 Å². The number of pyridine rings is 1. The Balaban J connectivity index is 1.58. The molecule has 8 heteroatoms. The van der Waals surface area contributed by atoms with Crippen molar-refractivity contribution in [2.75, 3.05) is 13.2 Å². The Morgan fingerprint density at radius 1 is 1.19 bits per heavy atom. The molecule has 1 N–H and O–H groups in total. The molecule has 1 saturated heterocycles. The van der Waals surface area contributed by atoms with Gasteiger partial charge in [0.1, 0.15) is 10.6 Å². The molecule has 3 heterocycles. The number of ether oxygens (including phenoxy) is 1. The third kappa shape index (κ3) is 3.47. The molecule has 4 rings (SSSR count). The van der Waals surface area contributed by atoms with Crippen molar-refractivity contribution in [3.05, 3.63) is 53.5 Å². The summed E-state index contributed by atoms with van der Waals surface area (Å²) in [7, 11) is -3.73. The molecule has 1 aliphatic heterocycles. The number of nitrogens with zero attached hydrogens (tertiary/aromatic N) is 2. The Morgan fingerprint density at radius 3 is 2.78 bits per heavy atom. The van der Waals surface area contributed by atoms with Gasteiger partial charge >= 0.3 is 0 Å². The molecule has 0 amide bonds. The molecule has 7 nitrogen and oxygen atoms in total. The fourth-order valence-corrected chi connectivity index (χ4v) is 5.28. The van der Waals surface area contributed by atoms with Crippen LogP contribution in [-0.2, 0) is 21.2 Å². The van der Waals surface area contributed by atoms with Gasteiger partial charge in [-0.15, -0.1) is 0 Å². The number of aryl methyl sites for hydroxylation is 2. The fraction of sp³-hybridized carbons (Fsp3) is 0.368. The van der Waals surface area contributed by atoms with Gasteiger partial charge in [-0.25, -0.2) is 13.1 Å². The number of hydrogen-bond acceptors (Lipinski definition) is 6. The largest absolute Gasteiger partial charge is 0.379 e. The molecule has 142 valence electrons. The second kappa shape index (κ2) is 7.03. The Bertz CT molecular complexity index is 1050. The molecule has 0 spiro atoms. The highest BCUT2D eigenvalue weighted by Gasteiger charge is 2.34. The highest BCUT2D eigenvalue weighted by atomic mass is 32.2. The molecule has 0 aliphatic carbocycles. The molecule has 1 fully saturated rings. The zero-order chi connectivity index (χ0) is 19.0. The summed E-state index contributed by atoms with van der Waals surface area (Å²) in [6.45, 7) is 4.07. The molecule has 2 atom stereocenters. The van der Waals surface area contributed by atoms with E-state index in [1.807, 2.05) is 30.3 Å². The lowest BCUT2D eigenvalue weighted by molar-refractivity contribution is 0.183. The first-order valence-electron chi connectivity index (χ1n) is 8.81. The summed E-state index contributed by atoms with van der Waals surface area (Å²) in [4.78, 5) is 4.50. The maximum absolute atomic E-state index is 12.8. The molecular weight excluding hydrogens is 366 g/mol. The van der Waals surface area contributed by atoms with Gasteiger partial charge in [0.15, 0.2) is 5.76 Å². The van der Waals surface area contributed by atoms with Gasteiger partial charge in [0, 0.05) is 17.5 Å². The third-order valence-corrected chi connectivity index (χ3v) is 6.70. The lowest BCUT2D eigenvalue weighted by Crippen LogP contribution is -2.40. The van der Waals surface area contributed by atoms with Crippen LogP contribution < -0.4 is 4.72 Å². The summed E-state index contributed by atoms with van der Waals surface area (Å²) in [5.41, 5.74) is 2.43. The summed E-state index contributed by atoms with van der Waals surface area (Å²) in [6.07, 6.45) is 2.49. The van der Waals surface area contributed by atoms with Crippen molar-refractivity contribution in [3.63, 3.8) is 0 Å². The number of benzene rings is 1. The molecule has 0 bridgehead atoms. The summed E-state index contributed by atoms with van der Waals surface area (Å²) in [6, 6.07) is 9.63. The Kier molecular flexibility index (Phi) is 4.71.